The first-order valence-corrected chi connectivity index (χ1v) is 8.23. The Morgan fingerprint density at radius 1 is 1.35 bits per heavy atom. The Hall–Kier alpha value is -1.93. The molecule has 1 heterocycles. The number of hydrogen-bond acceptors (Lipinski definition) is 4. The second-order valence-corrected chi connectivity index (χ2v) is 6.02. The predicted octanol–water partition coefficient (Wildman–Crippen LogP) is 2.18. The quantitative estimate of drug-likeness (QED) is 0.747. The highest BCUT2D eigenvalue weighted by molar-refractivity contribution is 6.00. The van der Waals surface area contributed by atoms with E-state index >= 15 is 0 Å². The van der Waals surface area contributed by atoms with Crippen LogP contribution >= 0.6 is 12.4 Å². The van der Waals surface area contributed by atoms with Gasteiger partial charge in [-0.3, -0.25) is 9.59 Å². The molecule has 1 saturated heterocycles. The van der Waals surface area contributed by atoms with E-state index in [9.17, 15) is 18.4 Å². The third-order valence-electron chi connectivity index (χ3n) is 4.09. The molecule has 1 aromatic rings. The minimum atomic E-state index is -2.89. The first kappa shape index (κ1) is 22.1. The smallest absolute Gasteiger partial charge is 0.387 e. The van der Waals surface area contributed by atoms with E-state index in [1.807, 2.05) is 0 Å². The molecule has 0 aromatic heterocycles. The largest absolute Gasteiger partial charge is 0.435 e. The number of ether oxygens (including phenoxy) is 1. The lowest BCUT2D eigenvalue weighted by molar-refractivity contribution is -0.130. The zero-order chi connectivity index (χ0) is 18.4. The summed E-state index contributed by atoms with van der Waals surface area (Å²) in [7, 11) is 1.76. The number of rotatable bonds is 7. The Morgan fingerprint density at radius 2 is 2.00 bits per heavy atom. The highest BCUT2D eigenvalue weighted by Crippen LogP contribution is 2.24. The average molecular weight is 392 g/mol. The lowest BCUT2D eigenvalue weighted by atomic mass is 10.0. The normalized spacial score (nSPS) is 18.3. The third kappa shape index (κ3) is 5.81. The molecule has 1 aromatic carbocycles. The van der Waals surface area contributed by atoms with Crippen LogP contribution in [-0.4, -0.2) is 44.6 Å². The van der Waals surface area contributed by atoms with Crippen molar-refractivity contribution in [3.05, 3.63) is 24.3 Å². The second-order valence-electron chi connectivity index (χ2n) is 6.02. The molecule has 0 bridgehead atoms. The van der Waals surface area contributed by atoms with Gasteiger partial charge in [0.25, 0.3) is 0 Å². The van der Waals surface area contributed by atoms with Gasteiger partial charge in [0.2, 0.25) is 11.8 Å². The van der Waals surface area contributed by atoms with Crippen LogP contribution < -0.4 is 20.3 Å². The van der Waals surface area contributed by atoms with Crippen LogP contribution in [0.1, 0.15) is 19.8 Å². The van der Waals surface area contributed by atoms with Crippen molar-refractivity contribution >= 4 is 29.9 Å². The van der Waals surface area contributed by atoms with Crippen LogP contribution in [-0.2, 0) is 9.59 Å². The second kappa shape index (κ2) is 10.3. The first-order valence-electron chi connectivity index (χ1n) is 8.23. The summed E-state index contributed by atoms with van der Waals surface area (Å²) in [6, 6.07) is 5.34. The molecule has 0 radical (unpaired) electrons. The van der Waals surface area contributed by atoms with E-state index in [4.69, 9.17) is 0 Å². The molecule has 1 aliphatic heterocycles. The van der Waals surface area contributed by atoms with E-state index in [2.05, 4.69) is 15.4 Å². The van der Waals surface area contributed by atoms with Crippen molar-refractivity contribution in [3.8, 4) is 5.75 Å². The summed E-state index contributed by atoms with van der Waals surface area (Å²) < 4.78 is 28.7. The molecule has 2 atom stereocenters. The molecule has 2 N–H and O–H groups in total. The molecule has 2 amide bonds. The van der Waals surface area contributed by atoms with Crippen molar-refractivity contribution in [2.24, 2.45) is 5.92 Å². The number of nitrogens with one attached hydrogen (secondary N) is 2. The van der Waals surface area contributed by atoms with E-state index in [1.54, 1.807) is 31.0 Å². The average Bonchev–Trinajstić information content (AvgIpc) is 2.57. The Labute approximate surface area is 157 Å². The van der Waals surface area contributed by atoms with Gasteiger partial charge < -0.3 is 20.3 Å². The van der Waals surface area contributed by atoms with Crippen LogP contribution in [0.15, 0.2) is 24.3 Å². The Morgan fingerprint density at radius 3 is 2.58 bits per heavy atom. The van der Waals surface area contributed by atoms with Gasteiger partial charge in [0.05, 0.1) is 0 Å². The minimum Gasteiger partial charge on any atom is -0.435 e. The van der Waals surface area contributed by atoms with E-state index in [0.717, 1.165) is 6.42 Å². The number of hydrogen-bond donors (Lipinski definition) is 2. The Kier molecular flexibility index (Phi) is 8.74. The van der Waals surface area contributed by atoms with Gasteiger partial charge in [0.1, 0.15) is 11.8 Å². The highest BCUT2D eigenvalue weighted by Gasteiger charge is 2.31. The van der Waals surface area contributed by atoms with Crippen molar-refractivity contribution in [2.75, 3.05) is 25.0 Å². The fourth-order valence-corrected chi connectivity index (χ4v) is 2.79. The van der Waals surface area contributed by atoms with Crippen molar-refractivity contribution in [1.82, 2.24) is 10.6 Å². The molecule has 146 valence electrons. The van der Waals surface area contributed by atoms with Crippen LogP contribution in [0.3, 0.4) is 0 Å². The van der Waals surface area contributed by atoms with E-state index in [1.165, 1.54) is 12.1 Å². The molecule has 9 heteroatoms. The van der Waals surface area contributed by atoms with Crippen molar-refractivity contribution in [3.63, 3.8) is 0 Å². The van der Waals surface area contributed by atoms with Gasteiger partial charge in [-0.05, 0) is 44.2 Å². The maximum atomic E-state index is 12.6. The van der Waals surface area contributed by atoms with Crippen LogP contribution in [0.5, 0.6) is 5.75 Å². The lowest BCUT2D eigenvalue weighted by Gasteiger charge is -2.33. The highest BCUT2D eigenvalue weighted by atomic mass is 35.5. The topological polar surface area (TPSA) is 70.7 Å². The van der Waals surface area contributed by atoms with E-state index in [0.29, 0.717) is 25.2 Å². The summed E-state index contributed by atoms with van der Waals surface area (Å²) in [5, 5.41) is 5.73. The van der Waals surface area contributed by atoms with Gasteiger partial charge in [0, 0.05) is 24.7 Å². The van der Waals surface area contributed by atoms with E-state index in [-0.39, 0.29) is 35.9 Å². The predicted molar refractivity (Wildman–Crippen MR) is 96.9 cm³/mol. The van der Waals surface area contributed by atoms with Crippen LogP contribution in [0, 0.1) is 5.92 Å². The third-order valence-corrected chi connectivity index (χ3v) is 4.09. The number of amides is 2. The molecule has 0 aliphatic carbocycles. The minimum absolute atomic E-state index is 0. The number of nitrogens with zero attached hydrogens (tertiary/aromatic N) is 1. The molecule has 0 spiro atoms. The number of carbonyl (C=O) groups excluding carboxylic acids is 2. The Balaban J connectivity index is 0.00000338. The zero-order valence-electron chi connectivity index (χ0n) is 14.7. The number of anilines is 1. The molecule has 1 fully saturated rings. The SMILES string of the molecule is CNCC(C)C(=O)NC1CCCN(c2ccc(OC(F)F)cc2)C1=O.Cl. The molecule has 2 unspecified atom stereocenters. The molecule has 0 saturated carbocycles. The summed E-state index contributed by atoms with van der Waals surface area (Å²) in [5.74, 6) is -0.568. The first-order chi connectivity index (χ1) is 11.9. The van der Waals surface area contributed by atoms with E-state index < -0.39 is 12.7 Å². The maximum absolute atomic E-state index is 12.6. The monoisotopic (exact) mass is 391 g/mol. The van der Waals surface area contributed by atoms with Gasteiger partial charge in [-0.15, -0.1) is 12.4 Å². The van der Waals surface area contributed by atoms with Gasteiger partial charge in [0.15, 0.2) is 0 Å². The van der Waals surface area contributed by atoms with Gasteiger partial charge in [-0.25, -0.2) is 0 Å². The number of halogens is 3. The van der Waals surface area contributed by atoms with Crippen molar-refractivity contribution < 1.29 is 23.1 Å². The molecular formula is C17H24ClF2N3O3. The van der Waals surface area contributed by atoms with Crippen LogP contribution in [0.4, 0.5) is 14.5 Å². The molecule has 6 nitrogen and oxygen atoms in total. The molecule has 2 rings (SSSR count). The van der Waals surface area contributed by atoms with Crippen LogP contribution in [0.2, 0.25) is 0 Å². The standard InChI is InChI=1S/C17H23F2N3O3.ClH/c1-11(10-20-2)15(23)21-14-4-3-9-22(16(14)24)12-5-7-13(8-6-12)25-17(18)19;/h5-8,11,14,17,20H,3-4,9-10H2,1-2H3,(H,21,23);1H. The lowest BCUT2D eigenvalue weighted by Crippen LogP contribution is -2.53. The van der Waals surface area contributed by atoms with Gasteiger partial charge in [-0.1, -0.05) is 6.92 Å². The summed E-state index contributed by atoms with van der Waals surface area (Å²) in [6.07, 6.45) is 1.33. The number of benzene rings is 1. The van der Waals surface area contributed by atoms with Crippen LogP contribution in [0.25, 0.3) is 0 Å². The summed E-state index contributed by atoms with van der Waals surface area (Å²) in [4.78, 5) is 26.3. The summed E-state index contributed by atoms with van der Waals surface area (Å²) >= 11 is 0. The number of alkyl halides is 2. The summed E-state index contributed by atoms with van der Waals surface area (Å²) in [5.41, 5.74) is 0.592. The number of carbonyl (C=O) groups is 2. The van der Waals surface area contributed by atoms with Gasteiger partial charge in [-0.2, -0.15) is 8.78 Å². The zero-order valence-corrected chi connectivity index (χ0v) is 15.5. The fraction of sp³-hybridized carbons (Fsp3) is 0.529. The van der Waals surface area contributed by atoms with Crippen molar-refractivity contribution in [1.29, 1.82) is 0 Å². The molecular weight excluding hydrogens is 368 g/mol. The Bertz CT molecular complexity index is 601. The molecule has 26 heavy (non-hydrogen) atoms. The number of piperidine rings is 1. The summed E-state index contributed by atoms with van der Waals surface area (Å²) in [6.45, 7) is -0.0471. The van der Waals surface area contributed by atoms with Gasteiger partial charge >= 0.3 is 6.61 Å². The fourth-order valence-electron chi connectivity index (χ4n) is 2.79. The maximum Gasteiger partial charge on any atom is 0.387 e. The molecule has 1 aliphatic rings. The van der Waals surface area contributed by atoms with Crippen molar-refractivity contribution in [2.45, 2.75) is 32.4 Å².